The van der Waals surface area contributed by atoms with Crippen LogP contribution in [0.5, 0.6) is 0 Å². The van der Waals surface area contributed by atoms with Crippen molar-refractivity contribution in [1.29, 1.82) is 0 Å². The number of nitrogens with two attached hydrogens (primary N) is 1. The third-order valence-corrected chi connectivity index (χ3v) is 4.22. The summed E-state index contributed by atoms with van der Waals surface area (Å²) >= 11 is 0. The van der Waals surface area contributed by atoms with Gasteiger partial charge in [-0.25, -0.2) is 0 Å². The summed E-state index contributed by atoms with van der Waals surface area (Å²) in [6, 6.07) is 10.8. The second kappa shape index (κ2) is 8.81. The monoisotopic (exact) mass is 286 g/mol. The molecule has 1 aromatic carbocycles. The lowest BCUT2D eigenvalue weighted by molar-refractivity contribution is 0.129. The van der Waals surface area contributed by atoms with E-state index in [1.807, 2.05) is 18.2 Å². The molecule has 0 amide bonds. The highest BCUT2D eigenvalue weighted by Crippen LogP contribution is 2.32. The Bertz CT molecular complexity index is 416. The van der Waals surface area contributed by atoms with Crippen molar-refractivity contribution in [3.05, 3.63) is 61.2 Å². The summed E-state index contributed by atoms with van der Waals surface area (Å²) in [5, 5.41) is 0. The molecular weight excluding hydrogens is 256 g/mol. The lowest BCUT2D eigenvalue weighted by Crippen LogP contribution is -2.56. The molecule has 1 rings (SSSR count). The van der Waals surface area contributed by atoms with Crippen molar-refractivity contribution in [2.24, 2.45) is 5.73 Å². The Morgan fingerprint density at radius 1 is 1.14 bits per heavy atom. The molecule has 21 heavy (non-hydrogen) atoms. The van der Waals surface area contributed by atoms with E-state index < -0.39 is 0 Å². The third-order valence-electron chi connectivity index (χ3n) is 4.22. The van der Waals surface area contributed by atoms with E-state index >= 15 is 0 Å². The van der Waals surface area contributed by atoms with Crippen LogP contribution in [0.1, 0.15) is 38.7 Å². The van der Waals surface area contributed by atoms with Gasteiger partial charge in [0.2, 0.25) is 0 Å². The number of nitrogens with zero attached hydrogens (tertiary/aromatic N) is 1. The fourth-order valence-corrected chi connectivity index (χ4v) is 3.08. The van der Waals surface area contributed by atoms with Crippen molar-refractivity contribution in [3.8, 4) is 0 Å². The van der Waals surface area contributed by atoms with Crippen molar-refractivity contribution in [3.63, 3.8) is 0 Å². The van der Waals surface area contributed by atoms with Crippen LogP contribution in [0, 0.1) is 0 Å². The molecule has 2 nitrogen and oxygen atoms in total. The van der Waals surface area contributed by atoms with E-state index in [-0.39, 0.29) is 11.6 Å². The fraction of sp³-hybridized carbons (Fsp3) is 0.474. The Balaban J connectivity index is 3.19. The summed E-state index contributed by atoms with van der Waals surface area (Å²) < 4.78 is 0. The van der Waals surface area contributed by atoms with Gasteiger partial charge in [-0.1, -0.05) is 62.8 Å². The van der Waals surface area contributed by atoms with Gasteiger partial charge in [-0.05, 0) is 18.4 Å². The Morgan fingerprint density at radius 2 is 1.71 bits per heavy atom. The second-order valence-corrected chi connectivity index (χ2v) is 5.60. The summed E-state index contributed by atoms with van der Waals surface area (Å²) in [5.74, 6) is 0. The summed E-state index contributed by atoms with van der Waals surface area (Å²) in [6.45, 7) is 13.8. The summed E-state index contributed by atoms with van der Waals surface area (Å²) in [7, 11) is 0. The molecule has 0 aliphatic heterocycles. The van der Waals surface area contributed by atoms with E-state index in [0.717, 1.165) is 32.4 Å². The maximum Gasteiger partial charge on any atom is 0.0564 e. The SMILES string of the molecule is C=CCN(CC=C)C(CCC)C(N)(CC)c1ccccc1. The van der Waals surface area contributed by atoms with Crippen molar-refractivity contribution in [2.45, 2.75) is 44.7 Å². The zero-order valence-corrected chi connectivity index (χ0v) is 13.6. The first kappa shape index (κ1) is 17.7. The predicted octanol–water partition coefficient (Wildman–Crippen LogP) is 4.09. The molecule has 0 aliphatic rings. The largest absolute Gasteiger partial charge is 0.320 e. The molecule has 0 aliphatic carbocycles. The van der Waals surface area contributed by atoms with E-state index in [1.165, 1.54) is 5.56 Å². The first-order chi connectivity index (χ1) is 10.1. The van der Waals surface area contributed by atoms with Crippen LogP contribution in [0.3, 0.4) is 0 Å². The van der Waals surface area contributed by atoms with E-state index in [0.29, 0.717) is 0 Å². The highest BCUT2D eigenvalue weighted by Gasteiger charge is 2.37. The van der Waals surface area contributed by atoms with Gasteiger partial charge >= 0.3 is 0 Å². The average molecular weight is 286 g/mol. The second-order valence-electron chi connectivity index (χ2n) is 5.60. The molecule has 0 fully saturated rings. The lowest BCUT2D eigenvalue weighted by Gasteiger charge is -2.43. The van der Waals surface area contributed by atoms with Gasteiger partial charge in [0.25, 0.3) is 0 Å². The molecule has 0 radical (unpaired) electrons. The van der Waals surface area contributed by atoms with Crippen molar-refractivity contribution < 1.29 is 0 Å². The van der Waals surface area contributed by atoms with Gasteiger partial charge in [0.15, 0.2) is 0 Å². The zero-order valence-electron chi connectivity index (χ0n) is 13.6. The van der Waals surface area contributed by atoms with E-state index in [9.17, 15) is 0 Å². The molecular formula is C19H30N2. The minimum atomic E-state index is -0.344. The smallest absolute Gasteiger partial charge is 0.0564 e. The lowest BCUT2D eigenvalue weighted by atomic mass is 9.78. The van der Waals surface area contributed by atoms with E-state index in [4.69, 9.17) is 5.73 Å². The zero-order chi connectivity index (χ0) is 15.7. The Hall–Kier alpha value is -1.38. The van der Waals surface area contributed by atoms with Gasteiger partial charge in [0, 0.05) is 19.1 Å². The van der Waals surface area contributed by atoms with Crippen LogP contribution in [0.15, 0.2) is 55.6 Å². The fourth-order valence-electron chi connectivity index (χ4n) is 3.08. The molecule has 0 spiro atoms. The molecule has 0 saturated heterocycles. The Labute approximate surface area is 130 Å². The Kier molecular flexibility index (Phi) is 7.41. The van der Waals surface area contributed by atoms with Crippen LogP contribution in [0.25, 0.3) is 0 Å². The quantitative estimate of drug-likeness (QED) is 0.656. The van der Waals surface area contributed by atoms with Crippen molar-refractivity contribution in [2.75, 3.05) is 13.1 Å². The van der Waals surface area contributed by atoms with E-state index in [2.05, 4.69) is 56.2 Å². The molecule has 0 heterocycles. The van der Waals surface area contributed by atoms with Gasteiger partial charge in [-0.2, -0.15) is 0 Å². The number of benzene rings is 1. The molecule has 0 saturated carbocycles. The summed E-state index contributed by atoms with van der Waals surface area (Å²) in [5.41, 5.74) is 7.77. The highest BCUT2D eigenvalue weighted by atomic mass is 15.2. The predicted molar refractivity (Wildman–Crippen MR) is 93.3 cm³/mol. The number of hydrogen-bond acceptors (Lipinski definition) is 2. The summed E-state index contributed by atoms with van der Waals surface area (Å²) in [6.07, 6.45) is 7.00. The topological polar surface area (TPSA) is 29.3 Å². The van der Waals surface area contributed by atoms with E-state index in [1.54, 1.807) is 0 Å². The van der Waals surface area contributed by atoms with Crippen LogP contribution < -0.4 is 5.73 Å². The van der Waals surface area contributed by atoms with Gasteiger partial charge in [-0.3, -0.25) is 4.90 Å². The summed E-state index contributed by atoms with van der Waals surface area (Å²) in [4.78, 5) is 2.39. The molecule has 0 bridgehead atoms. The molecule has 2 atom stereocenters. The van der Waals surface area contributed by atoms with Crippen LogP contribution in [-0.2, 0) is 5.54 Å². The average Bonchev–Trinajstić information content (AvgIpc) is 2.52. The minimum absolute atomic E-state index is 0.283. The van der Waals surface area contributed by atoms with Crippen LogP contribution >= 0.6 is 0 Å². The normalized spacial score (nSPS) is 15.4. The van der Waals surface area contributed by atoms with Gasteiger partial charge in [0.1, 0.15) is 0 Å². The van der Waals surface area contributed by atoms with Crippen LogP contribution in [-0.4, -0.2) is 24.0 Å². The van der Waals surface area contributed by atoms with Gasteiger partial charge < -0.3 is 5.73 Å². The molecule has 2 heteroatoms. The van der Waals surface area contributed by atoms with Gasteiger partial charge in [0.05, 0.1) is 5.54 Å². The first-order valence-corrected chi connectivity index (χ1v) is 7.94. The van der Waals surface area contributed by atoms with Crippen LogP contribution in [0.4, 0.5) is 0 Å². The molecule has 2 N–H and O–H groups in total. The van der Waals surface area contributed by atoms with Crippen LogP contribution in [0.2, 0.25) is 0 Å². The van der Waals surface area contributed by atoms with Gasteiger partial charge in [-0.15, -0.1) is 13.2 Å². The van der Waals surface area contributed by atoms with Crippen molar-refractivity contribution in [1.82, 2.24) is 4.90 Å². The van der Waals surface area contributed by atoms with Crippen molar-refractivity contribution >= 4 is 0 Å². The molecule has 2 unspecified atom stereocenters. The number of rotatable bonds is 10. The number of hydrogen-bond donors (Lipinski definition) is 1. The molecule has 116 valence electrons. The molecule has 1 aromatic rings. The highest BCUT2D eigenvalue weighted by molar-refractivity contribution is 5.26. The Morgan fingerprint density at radius 3 is 2.14 bits per heavy atom. The molecule has 0 aromatic heterocycles. The first-order valence-electron chi connectivity index (χ1n) is 7.94. The maximum absolute atomic E-state index is 6.90. The minimum Gasteiger partial charge on any atom is -0.320 e. The third kappa shape index (κ3) is 4.29. The maximum atomic E-state index is 6.90. The standard InChI is InChI=1S/C19H30N2/c1-5-12-18(21(15-6-2)16-7-3)19(20,8-4)17-13-10-9-11-14-17/h6-7,9-11,13-14,18H,2-3,5,8,12,15-16,20H2,1,4H3.